The predicted octanol–water partition coefficient (Wildman–Crippen LogP) is 1.79. The largest absolute Gasteiger partial charge is 0.462 e. The average Bonchev–Trinajstić information content (AvgIpc) is 3.14. The molecule has 0 atom stereocenters. The summed E-state index contributed by atoms with van der Waals surface area (Å²) in [6.45, 7) is 6.03. The third-order valence-corrected chi connectivity index (χ3v) is 7.42. The maximum atomic E-state index is 13.1. The third kappa shape index (κ3) is 4.20. The summed E-state index contributed by atoms with van der Waals surface area (Å²) in [4.78, 5) is 14.7. The summed E-state index contributed by atoms with van der Waals surface area (Å²) in [5.41, 5.74) is 0.543. The molecule has 1 N–H and O–H groups in total. The number of H-pyrrole nitrogens is 1. The number of ether oxygens (including phenoxy) is 1. The first-order valence-electron chi connectivity index (χ1n) is 9.97. The number of aryl methyl sites for hydroxylation is 1. The number of nitrogens with one attached hydrogen (secondary N) is 1. The third-order valence-electron chi connectivity index (χ3n) is 5.59. The standard InChI is InChI=1S/C18H30N4O4S/c1-3-15-16(18(23)26-4-2)17(20-19-15)27(24,25)22-12-10-21(11-13-22)14-8-6-5-7-9-14/h14H,3-13H2,1-2H3,(H,19,20). The zero-order valence-corrected chi connectivity index (χ0v) is 17.1. The Bertz CT molecular complexity index is 747. The van der Waals surface area contributed by atoms with Gasteiger partial charge in [-0.2, -0.15) is 9.40 Å². The molecule has 1 saturated heterocycles. The molecule has 9 heteroatoms. The number of carbonyl (C=O) groups excluding carboxylic acids is 1. The van der Waals surface area contributed by atoms with Crippen LogP contribution in [0.3, 0.4) is 0 Å². The molecule has 2 aliphatic rings. The number of aromatic amines is 1. The Morgan fingerprint density at radius 1 is 1.15 bits per heavy atom. The van der Waals surface area contributed by atoms with Crippen molar-refractivity contribution in [3.63, 3.8) is 0 Å². The highest BCUT2D eigenvalue weighted by atomic mass is 32.2. The van der Waals surface area contributed by atoms with Crippen LogP contribution in [0, 0.1) is 0 Å². The average molecular weight is 399 g/mol. The maximum Gasteiger partial charge on any atom is 0.343 e. The molecule has 0 unspecified atom stereocenters. The van der Waals surface area contributed by atoms with Gasteiger partial charge in [0.1, 0.15) is 5.56 Å². The predicted molar refractivity (Wildman–Crippen MR) is 101 cm³/mol. The van der Waals surface area contributed by atoms with Gasteiger partial charge in [0.15, 0.2) is 0 Å². The number of hydrogen-bond donors (Lipinski definition) is 1. The van der Waals surface area contributed by atoms with Crippen LogP contribution in [-0.4, -0.2) is 72.6 Å². The molecular formula is C18H30N4O4S. The van der Waals surface area contributed by atoms with Gasteiger partial charge in [-0.3, -0.25) is 10.00 Å². The first kappa shape index (κ1) is 20.3. The van der Waals surface area contributed by atoms with E-state index < -0.39 is 16.0 Å². The quantitative estimate of drug-likeness (QED) is 0.734. The van der Waals surface area contributed by atoms with E-state index in [4.69, 9.17) is 4.74 Å². The number of aromatic nitrogens is 2. The first-order chi connectivity index (χ1) is 13.0. The zero-order valence-electron chi connectivity index (χ0n) is 16.2. The molecule has 0 amide bonds. The highest BCUT2D eigenvalue weighted by Gasteiger charge is 2.37. The van der Waals surface area contributed by atoms with Crippen molar-refractivity contribution in [3.8, 4) is 0 Å². The van der Waals surface area contributed by atoms with E-state index in [0.717, 1.165) is 13.1 Å². The van der Waals surface area contributed by atoms with Crippen LogP contribution in [0.25, 0.3) is 0 Å². The molecule has 1 aromatic rings. The summed E-state index contributed by atoms with van der Waals surface area (Å²) in [5.74, 6) is -0.637. The molecule has 3 rings (SSSR count). The van der Waals surface area contributed by atoms with Gasteiger partial charge >= 0.3 is 5.97 Å². The van der Waals surface area contributed by atoms with Gasteiger partial charge in [-0.05, 0) is 26.2 Å². The fourth-order valence-electron chi connectivity index (χ4n) is 4.09. The molecule has 152 valence electrons. The van der Waals surface area contributed by atoms with Crippen LogP contribution in [0.15, 0.2) is 5.03 Å². The number of nitrogens with zero attached hydrogens (tertiary/aromatic N) is 3. The lowest BCUT2D eigenvalue weighted by molar-refractivity contribution is 0.0520. The Hall–Kier alpha value is -1.45. The molecule has 0 bridgehead atoms. The molecule has 8 nitrogen and oxygen atoms in total. The molecule has 1 aromatic heterocycles. The number of hydrogen-bond acceptors (Lipinski definition) is 6. The number of piperazine rings is 1. The molecular weight excluding hydrogens is 368 g/mol. The van der Waals surface area contributed by atoms with E-state index in [9.17, 15) is 13.2 Å². The van der Waals surface area contributed by atoms with Crippen LogP contribution in [0.4, 0.5) is 0 Å². The molecule has 1 saturated carbocycles. The summed E-state index contributed by atoms with van der Waals surface area (Å²) in [7, 11) is -3.84. The Kier molecular flexibility index (Phi) is 6.54. The summed E-state index contributed by atoms with van der Waals surface area (Å²) in [6, 6.07) is 0.579. The fourth-order valence-corrected chi connectivity index (χ4v) is 5.61. The maximum absolute atomic E-state index is 13.1. The van der Waals surface area contributed by atoms with Crippen LogP contribution in [0.5, 0.6) is 0 Å². The zero-order chi connectivity index (χ0) is 19.4. The Morgan fingerprint density at radius 3 is 2.41 bits per heavy atom. The highest BCUT2D eigenvalue weighted by Crippen LogP contribution is 2.26. The molecule has 0 spiro atoms. The number of rotatable bonds is 6. The van der Waals surface area contributed by atoms with Crippen LogP contribution >= 0.6 is 0 Å². The molecule has 0 radical (unpaired) electrons. The number of carbonyl (C=O) groups is 1. The van der Waals surface area contributed by atoms with Crippen molar-refractivity contribution >= 4 is 16.0 Å². The lowest BCUT2D eigenvalue weighted by Gasteiger charge is -2.40. The van der Waals surface area contributed by atoms with Crippen LogP contribution in [0.1, 0.15) is 62.0 Å². The Labute approximate surface area is 161 Å². The fraction of sp³-hybridized carbons (Fsp3) is 0.778. The lowest BCUT2D eigenvalue weighted by atomic mass is 9.94. The van der Waals surface area contributed by atoms with Crippen molar-refractivity contribution in [2.75, 3.05) is 32.8 Å². The van der Waals surface area contributed by atoms with Crippen LogP contribution in [-0.2, 0) is 21.2 Å². The minimum atomic E-state index is -3.84. The second kappa shape index (κ2) is 8.70. The van der Waals surface area contributed by atoms with Crippen LogP contribution < -0.4 is 0 Å². The molecule has 1 aliphatic heterocycles. The van der Waals surface area contributed by atoms with Crippen molar-refractivity contribution in [1.82, 2.24) is 19.4 Å². The van der Waals surface area contributed by atoms with Gasteiger partial charge in [-0.15, -0.1) is 0 Å². The Balaban J connectivity index is 1.75. The van der Waals surface area contributed by atoms with E-state index in [0.29, 0.717) is 31.2 Å². The molecule has 2 fully saturated rings. The minimum Gasteiger partial charge on any atom is -0.462 e. The minimum absolute atomic E-state index is 0.0501. The summed E-state index contributed by atoms with van der Waals surface area (Å²) in [5, 5.41) is 6.47. The Morgan fingerprint density at radius 2 is 1.81 bits per heavy atom. The van der Waals surface area contributed by atoms with E-state index in [1.165, 1.54) is 36.4 Å². The van der Waals surface area contributed by atoms with Crippen molar-refractivity contribution < 1.29 is 17.9 Å². The number of sulfonamides is 1. The normalized spacial score (nSPS) is 20.7. The van der Waals surface area contributed by atoms with E-state index in [2.05, 4.69) is 15.1 Å². The smallest absolute Gasteiger partial charge is 0.343 e. The van der Waals surface area contributed by atoms with Gasteiger partial charge in [-0.25, -0.2) is 13.2 Å². The summed E-state index contributed by atoms with van der Waals surface area (Å²) in [6.07, 6.45) is 6.72. The summed E-state index contributed by atoms with van der Waals surface area (Å²) < 4.78 is 32.8. The molecule has 27 heavy (non-hydrogen) atoms. The first-order valence-corrected chi connectivity index (χ1v) is 11.4. The topological polar surface area (TPSA) is 95.6 Å². The van der Waals surface area contributed by atoms with E-state index in [1.54, 1.807) is 6.92 Å². The van der Waals surface area contributed by atoms with Gasteiger partial charge in [0.25, 0.3) is 10.0 Å². The highest BCUT2D eigenvalue weighted by molar-refractivity contribution is 7.89. The molecule has 0 aromatic carbocycles. The van der Waals surface area contributed by atoms with Gasteiger partial charge in [0, 0.05) is 32.2 Å². The van der Waals surface area contributed by atoms with Crippen LogP contribution in [0.2, 0.25) is 0 Å². The molecule has 1 aliphatic carbocycles. The van der Waals surface area contributed by atoms with E-state index in [1.807, 2.05) is 6.92 Å². The molecule has 2 heterocycles. The van der Waals surface area contributed by atoms with Gasteiger partial charge in [0.2, 0.25) is 5.03 Å². The van der Waals surface area contributed by atoms with E-state index >= 15 is 0 Å². The lowest BCUT2D eigenvalue weighted by Crippen LogP contribution is -2.52. The SMILES string of the molecule is CCOC(=O)c1c(S(=O)(=O)N2CCN(C3CCCCC3)CC2)n[nH]c1CC. The number of esters is 1. The van der Waals surface area contributed by atoms with Crippen molar-refractivity contribution in [3.05, 3.63) is 11.3 Å². The summed E-state index contributed by atoms with van der Waals surface area (Å²) >= 11 is 0. The second-order valence-corrected chi connectivity index (χ2v) is 9.04. The monoisotopic (exact) mass is 398 g/mol. The van der Waals surface area contributed by atoms with Crippen molar-refractivity contribution in [1.29, 1.82) is 0 Å². The van der Waals surface area contributed by atoms with E-state index in [-0.39, 0.29) is 17.2 Å². The van der Waals surface area contributed by atoms with Gasteiger partial charge in [0.05, 0.1) is 12.3 Å². The second-order valence-electron chi connectivity index (χ2n) is 7.19. The van der Waals surface area contributed by atoms with Gasteiger partial charge in [-0.1, -0.05) is 26.2 Å². The van der Waals surface area contributed by atoms with Crippen molar-refractivity contribution in [2.45, 2.75) is 63.4 Å². The van der Waals surface area contributed by atoms with Gasteiger partial charge < -0.3 is 4.74 Å². The van der Waals surface area contributed by atoms with Crippen molar-refractivity contribution in [2.24, 2.45) is 0 Å².